The summed E-state index contributed by atoms with van der Waals surface area (Å²) in [6, 6.07) is 14.7. The number of carbonyl (C=O) groups is 1. The van der Waals surface area contributed by atoms with Crippen LogP contribution in [0.25, 0.3) is 5.57 Å². The molecule has 0 heterocycles. The lowest BCUT2D eigenvalue weighted by atomic mass is 9.85. The number of nitrogens with zero attached hydrogens (tertiary/aromatic N) is 1. The van der Waals surface area contributed by atoms with Crippen molar-refractivity contribution in [1.29, 1.82) is 5.26 Å². The van der Waals surface area contributed by atoms with Crippen LogP contribution in [0.5, 0.6) is 11.5 Å². The van der Waals surface area contributed by atoms with E-state index in [2.05, 4.69) is 19.9 Å². The fourth-order valence-corrected chi connectivity index (χ4v) is 4.14. The molecule has 31 heavy (non-hydrogen) atoms. The molecule has 0 saturated carbocycles. The molecule has 4 heteroatoms. The Morgan fingerprint density at radius 3 is 2.39 bits per heavy atom. The lowest BCUT2D eigenvalue weighted by Gasteiger charge is -2.21. The maximum Gasteiger partial charge on any atom is 0.167 e. The summed E-state index contributed by atoms with van der Waals surface area (Å²) in [6.45, 7) is 8.31. The van der Waals surface area contributed by atoms with Crippen molar-refractivity contribution in [2.24, 2.45) is 17.8 Å². The fourth-order valence-electron chi connectivity index (χ4n) is 4.14. The van der Waals surface area contributed by atoms with Crippen molar-refractivity contribution >= 4 is 11.4 Å². The molecule has 0 aromatic heterocycles. The van der Waals surface area contributed by atoms with Crippen LogP contribution in [0.15, 0.2) is 48.2 Å². The average molecular weight is 418 g/mol. The van der Waals surface area contributed by atoms with Crippen LogP contribution in [0.1, 0.15) is 63.6 Å². The van der Waals surface area contributed by atoms with Gasteiger partial charge in [-0.15, -0.1) is 0 Å². The van der Waals surface area contributed by atoms with Crippen LogP contribution in [0.4, 0.5) is 0 Å². The van der Waals surface area contributed by atoms with Crippen molar-refractivity contribution in [3.63, 3.8) is 0 Å². The number of ketones is 1. The van der Waals surface area contributed by atoms with Gasteiger partial charge in [0.25, 0.3) is 0 Å². The first kappa shape index (κ1) is 22.6. The number of nitriles is 1. The van der Waals surface area contributed by atoms with Gasteiger partial charge in [-0.1, -0.05) is 33.8 Å². The third-order valence-corrected chi connectivity index (χ3v) is 6.42. The highest BCUT2D eigenvalue weighted by Crippen LogP contribution is 2.37. The number of aryl methyl sites for hydroxylation is 1. The van der Waals surface area contributed by atoms with Gasteiger partial charge < -0.3 is 9.84 Å². The molecule has 2 aromatic rings. The summed E-state index contributed by atoms with van der Waals surface area (Å²) in [6.07, 6.45) is 3.16. The van der Waals surface area contributed by atoms with Crippen molar-refractivity contribution in [1.82, 2.24) is 0 Å². The Kier molecular flexibility index (Phi) is 7.17. The van der Waals surface area contributed by atoms with Crippen molar-refractivity contribution in [3.05, 3.63) is 64.9 Å². The van der Waals surface area contributed by atoms with Gasteiger partial charge in [0.1, 0.15) is 17.3 Å². The number of benzene rings is 2. The number of aliphatic hydroxyl groups excluding tert-OH is 1. The first-order valence-electron chi connectivity index (χ1n) is 11.1. The largest absolute Gasteiger partial charge is 0.511 e. The number of aliphatic hydroxyl groups is 1. The molecule has 0 bridgehead atoms. The molecule has 1 aliphatic rings. The lowest BCUT2D eigenvalue weighted by molar-refractivity contribution is -0.114. The molecule has 2 aromatic carbocycles. The second-order valence-corrected chi connectivity index (χ2v) is 8.75. The molecule has 0 fully saturated rings. The van der Waals surface area contributed by atoms with E-state index in [0.29, 0.717) is 35.0 Å². The van der Waals surface area contributed by atoms with E-state index >= 15 is 0 Å². The Balaban J connectivity index is 2.06. The molecule has 1 unspecified atom stereocenters. The normalized spacial score (nSPS) is 24.6. The minimum atomic E-state index is -0.0861. The summed E-state index contributed by atoms with van der Waals surface area (Å²) in [5, 5.41) is 20.2. The van der Waals surface area contributed by atoms with Crippen LogP contribution in [-0.4, -0.2) is 10.9 Å². The molecule has 0 spiro atoms. The standard InChI is InChI=1S/C27H31NO3/c1-5-21-10-13-23(31-22-11-8-20(16-28)9-12-22)15-24(21)26-25(29)14-17(2)6-7-18(3)19(4)27(26)30/h8-13,15,17-19,30H,5-7,14H2,1-4H3/b27-26+/t17-,18+,19?/m1/s1. The van der Waals surface area contributed by atoms with E-state index in [9.17, 15) is 9.90 Å². The Hall–Kier alpha value is -3.06. The zero-order valence-corrected chi connectivity index (χ0v) is 18.8. The zero-order valence-electron chi connectivity index (χ0n) is 18.8. The van der Waals surface area contributed by atoms with Crippen LogP contribution in [0.2, 0.25) is 0 Å². The van der Waals surface area contributed by atoms with Gasteiger partial charge >= 0.3 is 0 Å². The molecule has 3 atom stereocenters. The Labute approximate surface area is 185 Å². The first-order chi connectivity index (χ1) is 14.8. The van der Waals surface area contributed by atoms with Crippen molar-refractivity contribution in [2.45, 2.75) is 53.4 Å². The van der Waals surface area contributed by atoms with E-state index in [0.717, 1.165) is 30.4 Å². The van der Waals surface area contributed by atoms with Crippen LogP contribution in [-0.2, 0) is 11.2 Å². The minimum absolute atomic E-state index is 0.00354. The highest BCUT2D eigenvalue weighted by Gasteiger charge is 2.29. The number of hydrogen-bond donors (Lipinski definition) is 1. The Bertz CT molecular complexity index is 1010. The van der Waals surface area contributed by atoms with E-state index in [1.54, 1.807) is 24.3 Å². The van der Waals surface area contributed by atoms with E-state index < -0.39 is 0 Å². The molecular formula is C27H31NO3. The summed E-state index contributed by atoms with van der Waals surface area (Å²) < 4.78 is 6.00. The van der Waals surface area contributed by atoms with Gasteiger partial charge in [0.2, 0.25) is 0 Å². The van der Waals surface area contributed by atoms with Crippen molar-refractivity contribution < 1.29 is 14.6 Å². The molecule has 0 aliphatic heterocycles. The van der Waals surface area contributed by atoms with E-state index in [4.69, 9.17) is 10.00 Å². The number of ether oxygens (including phenoxy) is 1. The van der Waals surface area contributed by atoms with Gasteiger partial charge in [-0.3, -0.25) is 4.79 Å². The number of rotatable bonds is 4. The summed E-state index contributed by atoms with van der Waals surface area (Å²) in [5.41, 5.74) is 2.77. The second kappa shape index (κ2) is 9.83. The Morgan fingerprint density at radius 1 is 1.06 bits per heavy atom. The van der Waals surface area contributed by atoms with Crippen LogP contribution >= 0.6 is 0 Å². The van der Waals surface area contributed by atoms with Gasteiger partial charge in [0.15, 0.2) is 5.78 Å². The summed E-state index contributed by atoms with van der Waals surface area (Å²) >= 11 is 0. The van der Waals surface area contributed by atoms with E-state index in [-0.39, 0.29) is 23.4 Å². The molecule has 1 aliphatic carbocycles. The van der Waals surface area contributed by atoms with Crippen LogP contribution in [0.3, 0.4) is 0 Å². The molecular weight excluding hydrogens is 386 g/mol. The fraction of sp³-hybridized carbons (Fsp3) is 0.407. The first-order valence-corrected chi connectivity index (χ1v) is 11.1. The summed E-state index contributed by atoms with van der Waals surface area (Å²) in [7, 11) is 0. The second-order valence-electron chi connectivity index (χ2n) is 8.75. The summed E-state index contributed by atoms with van der Waals surface area (Å²) in [4.78, 5) is 13.3. The summed E-state index contributed by atoms with van der Waals surface area (Å²) in [5.74, 6) is 1.89. The number of Topliss-reactive ketones (excluding diaryl/α,β-unsaturated/α-hetero) is 1. The van der Waals surface area contributed by atoms with Gasteiger partial charge in [-0.05, 0) is 78.6 Å². The van der Waals surface area contributed by atoms with E-state index in [1.165, 1.54) is 0 Å². The maximum atomic E-state index is 13.3. The van der Waals surface area contributed by atoms with Gasteiger partial charge in [-0.2, -0.15) is 5.26 Å². The highest BCUT2D eigenvalue weighted by atomic mass is 16.5. The molecule has 1 N–H and O–H groups in total. The number of hydrogen-bond acceptors (Lipinski definition) is 4. The predicted octanol–water partition coefficient (Wildman–Crippen LogP) is 6.84. The maximum absolute atomic E-state index is 13.3. The van der Waals surface area contributed by atoms with Crippen molar-refractivity contribution in [2.75, 3.05) is 0 Å². The molecule has 3 rings (SSSR count). The highest BCUT2D eigenvalue weighted by molar-refractivity contribution is 6.21. The molecule has 0 amide bonds. The Morgan fingerprint density at radius 2 is 1.74 bits per heavy atom. The third kappa shape index (κ3) is 5.17. The monoisotopic (exact) mass is 417 g/mol. The zero-order chi connectivity index (χ0) is 22.5. The molecule has 0 saturated heterocycles. The smallest absolute Gasteiger partial charge is 0.167 e. The SMILES string of the molecule is CCc1ccc(Oc2ccc(C#N)cc2)cc1/C1=C(\O)C(C)[C@@H](C)CC[C@@H](C)CC1=O. The average Bonchev–Trinajstić information content (AvgIpc) is 2.80. The van der Waals surface area contributed by atoms with Crippen molar-refractivity contribution in [3.8, 4) is 17.6 Å². The quantitative estimate of drug-likeness (QED) is 0.591. The molecule has 0 radical (unpaired) electrons. The molecule has 162 valence electrons. The molecule has 4 nitrogen and oxygen atoms in total. The van der Waals surface area contributed by atoms with Crippen LogP contribution < -0.4 is 4.74 Å². The van der Waals surface area contributed by atoms with Gasteiger partial charge in [0, 0.05) is 12.3 Å². The minimum Gasteiger partial charge on any atom is -0.511 e. The predicted molar refractivity (Wildman–Crippen MR) is 123 cm³/mol. The van der Waals surface area contributed by atoms with Gasteiger partial charge in [-0.25, -0.2) is 0 Å². The van der Waals surface area contributed by atoms with E-state index in [1.807, 2.05) is 32.0 Å². The van der Waals surface area contributed by atoms with Gasteiger partial charge in [0.05, 0.1) is 17.2 Å². The lowest BCUT2D eigenvalue weighted by Crippen LogP contribution is -2.15. The number of allylic oxidation sites excluding steroid dienone is 2. The topological polar surface area (TPSA) is 70.3 Å². The third-order valence-electron chi connectivity index (χ3n) is 6.42. The van der Waals surface area contributed by atoms with Crippen LogP contribution in [0, 0.1) is 29.1 Å². The number of carbonyl (C=O) groups excluding carboxylic acids is 1.